The van der Waals surface area contributed by atoms with E-state index >= 15 is 0 Å². The molecule has 174 valence electrons. The van der Waals surface area contributed by atoms with Gasteiger partial charge in [-0.3, -0.25) is 14.5 Å². The molecule has 33 heavy (non-hydrogen) atoms. The third-order valence-electron chi connectivity index (χ3n) is 7.01. The molecule has 2 aliphatic rings. The van der Waals surface area contributed by atoms with Crippen LogP contribution in [0.1, 0.15) is 66.7 Å². The lowest BCUT2D eigenvalue weighted by Gasteiger charge is -2.36. The van der Waals surface area contributed by atoms with Gasteiger partial charge in [0.15, 0.2) is 0 Å². The Labute approximate surface area is 193 Å². The number of carbonyl (C=O) groups excluding carboxylic acids is 1. The molecule has 1 fully saturated rings. The maximum atomic E-state index is 13.6. The third kappa shape index (κ3) is 3.93. The van der Waals surface area contributed by atoms with Crippen molar-refractivity contribution < 1.29 is 9.53 Å². The number of amides is 1. The van der Waals surface area contributed by atoms with Crippen molar-refractivity contribution in [2.45, 2.75) is 58.2 Å². The number of benzene rings is 1. The van der Waals surface area contributed by atoms with Gasteiger partial charge in [0, 0.05) is 42.1 Å². The summed E-state index contributed by atoms with van der Waals surface area (Å²) in [5, 5.41) is 0.881. The fourth-order valence-corrected chi connectivity index (χ4v) is 5.11. The molecule has 0 unspecified atom stereocenters. The summed E-state index contributed by atoms with van der Waals surface area (Å²) in [6.07, 6.45) is 3.42. The van der Waals surface area contributed by atoms with Crippen LogP contribution in [0.25, 0.3) is 10.9 Å². The van der Waals surface area contributed by atoms with E-state index < -0.39 is 0 Å². The second kappa shape index (κ2) is 8.67. The zero-order valence-corrected chi connectivity index (χ0v) is 19.5. The lowest BCUT2D eigenvalue weighted by molar-refractivity contribution is 0.0593. The summed E-state index contributed by atoms with van der Waals surface area (Å²) in [6.45, 7) is 6.50. The van der Waals surface area contributed by atoms with E-state index in [4.69, 9.17) is 9.72 Å². The molecule has 2 aliphatic heterocycles. The molecule has 0 radical (unpaired) electrons. The number of nitrogens with zero attached hydrogens (tertiary/aromatic N) is 3. The van der Waals surface area contributed by atoms with Crippen LogP contribution in [0, 0.1) is 0 Å². The van der Waals surface area contributed by atoms with E-state index in [2.05, 4.69) is 28.7 Å². The lowest BCUT2D eigenvalue weighted by Crippen LogP contribution is -2.42. The van der Waals surface area contributed by atoms with Crippen molar-refractivity contribution in [1.29, 1.82) is 0 Å². The average molecular weight is 450 g/mol. The van der Waals surface area contributed by atoms with Gasteiger partial charge in [-0.2, -0.15) is 0 Å². The van der Waals surface area contributed by atoms with E-state index in [0.29, 0.717) is 37.1 Å². The number of hydrogen-bond donors (Lipinski definition) is 2. The zero-order valence-electron chi connectivity index (χ0n) is 19.5. The number of rotatable bonds is 4. The first kappa shape index (κ1) is 21.7. The van der Waals surface area contributed by atoms with Gasteiger partial charge >= 0.3 is 0 Å². The molecule has 1 saturated heterocycles. The number of aromatic nitrogens is 3. The van der Waals surface area contributed by atoms with Crippen LogP contribution in [-0.4, -0.2) is 56.9 Å². The molecule has 2 aromatic heterocycles. The fourth-order valence-electron chi connectivity index (χ4n) is 5.11. The van der Waals surface area contributed by atoms with Gasteiger partial charge in [-0.1, -0.05) is 6.07 Å². The Kier molecular flexibility index (Phi) is 5.70. The van der Waals surface area contributed by atoms with Gasteiger partial charge in [0.05, 0.1) is 18.8 Å². The van der Waals surface area contributed by atoms with Gasteiger partial charge in [0.2, 0.25) is 0 Å². The molecule has 8 nitrogen and oxygen atoms in total. The van der Waals surface area contributed by atoms with Crippen LogP contribution in [-0.2, 0) is 13.0 Å². The number of piperidine rings is 1. The van der Waals surface area contributed by atoms with E-state index in [-0.39, 0.29) is 17.5 Å². The van der Waals surface area contributed by atoms with E-state index in [1.165, 1.54) is 0 Å². The van der Waals surface area contributed by atoms with Crippen LogP contribution in [0.2, 0.25) is 0 Å². The van der Waals surface area contributed by atoms with Gasteiger partial charge in [-0.25, -0.2) is 4.98 Å². The summed E-state index contributed by atoms with van der Waals surface area (Å²) in [5.41, 5.74) is 2.95. The highest BCUT2D eigenvalue weighted by Crippen LogP contribution is 2.32. The van der Waals surface area contributed by atoms with Crippen molar-refractivity contribution in [1.82, 2.24) is 24.8 Å². The number of carbonyl (C=O) groups is 1. The highest BCUT2D eigenvalue weighted by atomic mass is 16.5. The molecule has 0 saturated carbocycles. The summed E-state index contributed by atoms with van der Waals surface area (Å²) < 4.78 is 5.45. The van der Waals surface area contributed by atoms with Gasteiger partial charge in [-0.05, 0) is 57.7 Å². The number of hydrogen-bond acceptors (Lipinski definition) is 5. The van der Waals surface area contributed by atoms with E-state index in [9.17, 15) is 9.59 Å². The van der Waals surface area contributed by atoms with Gasteiger partial charge < -0.3 is 19.6 Å². The summed E-state index contributed by atoms with van der Waals surface area (Å²) in [7, 11) is 1.63. The number of aromatic amines is 2. The maximum Gasteiger partial charge on any atom is 0.270 e. The summed E-state index contributed by atoms with van der Waals surface area (Å²) in [5.74, 6) is 1.25. The molecule has 0 spiro atoms. The Balaban J connectivity index is 1.48. The van der Waals surface area contributed by atoms with Crippen LogP contribution in [0.3, 0.4) is 0 Å². The number of methoxy groups -OCH3 is 1. The van der Waals surface area contributed by atoms with Crippen LogP contribution >= 0.6 is 0 Å². The van der Waals surface area contributed by atoms with Crippen molar-refractivity contribution in [3.05, 3.63) is 57.4 Å². The van der Waals surface area contributed by atoms with Crippen molar-refractivity contribution >= 4 is 16.8 Å². The topological polar surface area (TPSA) is 94.3 Å². The largest absolute Gasteiger partial charge is 0.496 e. The standard InChI is InChI=1S/C25H31N5O3/c1-15(2)29-12-10-16-20(14-29)27-23(28-24(16)31)21-8-4-5-11-30(21)25(32)19-13-17-18(26-19)7-6-9-22(17)33-3/h6-7,9,13,15,21,26H,4-5,8,10-12,14H2,1-3H3,(H,27,28,31)/t21-/m0/s1. The quantitative estimate of drug-likeness (QED) is 0.637. The lowest BCUT2D eigenvalue weighted by atomic mass is 9.99. The molecule has 1 amide bonds. The summed E-state index contributed by atoms with van der Waals surface area (Å²) >= 11 is 0. The number of fused-ring (bicyclic) bond motifs is 2. The van der Waals surface area contributed by atoms with Crippen LogP contribution in [0.15, 0.2) is 29.1 Å². The minimum Gasteiger partial charge on any atom is -0.496 e. The third-order valence-corrected chi connectivity index (χ3v) is 7.01. The SMILES string of the molecule is COc1cccc2[nH]c(C(=O)N3CCCC[C@H]3c3nc4c(c(=O)[nH]3)CCN(C(C)C)C4)cc12. The first-order valence-corrected chi connectivity index (χ1v) is 11.8. The molecule has 0 bridgehead atoms. The van der Waals surface area contributed by atoms with Crippen LogP contribution in [0.4, 0.5) is 0 Å². The normalized spacial score (nSPS) is 19.2. The number of ether oxygens (including phenoxy) is 1. The molecule has 0 aliphatic carbocycles. The Hall–Kier alpha value is -3.13. The molecule has 5 rings (SSSR count). The van der Waals surface area contributed by atoms with Gasteiger partial charge in [-0.15, -0.1) is 0 Å². The average Bonchev–Trinajstić information content (AvgIpc) is 3.27. The molecule has 2 N–H and O–H groups in total. The fraction of sp³-hybridized carbons (Fsp3) is 0.480. The van der Waals surface area contributed by atoms with E-state index in [1.807, 2.05) is 29.2 Å². The molecular formula is C25H31N5O3. The van der Waals surface area contributed by atoms with E-state index in [0.717, 1.165) is 53.7 Å². The second-order valence-corrected chi connectivity index (χ2v) is 9.31. The van der Waals surface area contributed by atoms with Crippen molar-refractivity contribution in [3.63, 3.8) is 0 Å². The smallest absolute Gasteiger partial charge is 0.270 e. The van der Waals surface area contributed by atoms with E-state index in [1.54, 1.807) is 7.11 Å². The molecule has 8 heteroatoms. The Morgan fingerprint density at radius 2 is 2.06 bits per heavy atom. The second-order valence-electron chi connectivity index (χ2n) is 9.31. The first-order chi connectivity index (χ1) is 16.0. The van der Waals surface area contributed by atoms with Crippen molar-refractivity contribution in [3.8, 4) is 5.75 Å². The Morgan fingerprint density at radius 3 is 2.85 bits per heavy atom. The van der Waals surface area contributed by atoms with Gasteiger partial charge in [0.25, 0.3) is 11.5 Å². The monoisotopic (exact) mass is 449 g/mol. The summed E-state index contributed by atoms with van der Waals surface area (Å²) in [6, 6.07) is 7.73. The summed E-state index contributed by atoms with van der Waals surface area (Å²) in [4.78, 5) is 41.9. The first-order valence-electron chi connectivity index (χ1n) is 11.8. The molecule has 1 atom stereocenters. The highest BCUT2D eigenvalue weighted by Gasteiger charge is 2.33. The Bertz CT molecular complexity index is 1240. The predicted molar refractivity (Wildman–Crippen MR) is 127 cm³/mol. The van der Waals surface area contributed by atoms with Crippen molar-refractivity contribution in [2.75, 3.05) is 20.2 Å². The minimum atomic E-state index is -0.244. The molecule has 1 aromatic carbocycles. The van der Waals surface area contributed by atoms with Crippen LogP contribution < -0.4 is 10.3 Å². The highest BCUT2D eigenvalue weighted by molar-refractivity contribution is 5.99. The van der Waals surface area contributed by atoms with Crippen molar-refractivity contribution in [2.24, 2.45) is 0 Å². The minimum absolute atomic E-state index is 0.0632. The predicted octanol–water partition coefficient (Wildman–Crippen LogP) is 3.39. The maximum absolute atomic E-state index is 13.6. The molecule has 4 heterocycles. The zero-order chi connectivity index (χ0) is 23.1. The Morgan fingerprint density at radius 1 is 1.21 bits per heavy atom. The molecular weight excluding hydrogens is 418 g/mol. The molecule has 3 aromatic rings. The van der Waals surface area contributed by atoms with Gasteiger partial charge in [0.1, 0.15) is 17.3 Å². The number of H-pyrrole nitrogens is 2. The number of nitrogens with one attached hydrogen (secondary N) is 2. The number of likely N-dealkylation sites (tertiary alicyclic amines) is 1. The van der Waals surface area contributed by atoms with Crippen LogP contribution in [0.5, 0.6) is 5.75 Å².